The average Bonchev–Trinajstić information content (AvgIpc) is 3.13. The zero-order valence-corrected chi connectivity index (χ0v) is 15.5. The number of hydrogen-bond acceptors (Lipinski definition) is 6. The maximum atomic E-state index is 12.7. The SMILES string of the molecule is Cc1noc(C)c1S(=O)(=O)N[C@@H](CC(C)C)C(=O)NCc1ccco1. The van der Waals surface area contributed by atoms with Gasteiger partial charge in [-0.1, -0.05) is 19.0 Å². The van der Waals surface area contributed by atoms with Gasteiger partial charge < -0.3 is 14.3 Å². The summed E-state index contributed by atoms with van der Waals surface area (Å²) in [6.45, 7) is 7.07. The van der Waals surface area contributed by atoms with E-state index < -0.39 is 22.0 Å². The number of carbonyl (C=O) groups excluding carboxylic acids is 1. The van der Waals surface area contributed by atoms with Crippen molar-refractivity contribution < 1.29 is 22.2 Å². The van der Waals surface area contributed by atoms with E-state index in [0.29, 0.717) is 12.2 Å². The first-order valence-electron chi connectivity index (χ1n) is 7.96. The molecule has 2 aromatic heterocycles. The standard InChI is InChI=1S/C16H23N3O5S/c1-10(2)8-14(16(20)17-9-13-6-5-7-23-13)19-25(21,22)15-11(3)18-24-12(15)4/h5-7,10,14,19H,8-9H2,1-4H3,(H,17,20)/t14-/m0/s1. The molecule has 0 spiro atoms. The van der Waals surface area contributed by atoms with Gasteiger partial charge in [0, 0.05) is 0 Å². The number of nitrogens with zero attached hydrogens (tertiary/aromatic N) is 1. The number of aromatic nitrogens is 1. The average molecular weight is 369 g/mol. The number of amides is 1. The first kappa shape index (κ1) is 19.2. The zero-order valence-electron chi connectivity index (χ0n) is 14.7. The topological polar surface area (TPSA) is 114 Å². The fourth-order valence-corrected chi connectivity index (χ4v) is 4.03. The second-order valence-electron chi connectivity index (χ2n) is 6.25. The molecule has 0 radical (unpaired) electrons. The molecular weight excluding hydrogens is 346 g/mol. The van der Waals surface area contributed by atoms with Crippen LogP contribution in [0.1, 0.15) is 37.5 Å². The predicted octanol–water partition coefficient (Wildman–Crippen LogP) is 1.89. The lowest BCUT2D eigenvalue weighted by molar-refractivity contribution is -0.123. The highest BCUT2D eigenvalue weighted by Crippen LogP contribution is 2.20. The van der Waals surface area contributed by atoms with Crippen LogP contribution in [0.5, 0.6) is 0 Å². The van der Waals surface area contributed by atoms with Gasteiger partial charge in [0.25, 0.3) is 0 Å². The summed E-state index contributed by atoms with van der Waals surface area (Å²) < 4.78 is 37.9. The van der Waals surface area contributed by atoms with Crippen molar-refractivity contribution in [2.45, 2.75) is 51.6 Å². The molecule has 0 saturated carbocycles. The quantitative estimate of drug-likeness (QED) is 0.734. The molecule has 8 nitrogen and oxygen atoms in total. The summed E-state index contributed by atoms with van der Waals surface area (Å²) in [6.07, 6.45) is 1.86. The van der Waals surface area contributed by atoms with E-state index in [0.717, 1.165) is 0 Å². The number of hydrogen-bond donors (Lipinski definition) is 2. The number of carbonyl (C=O) groups is 1. The summed E-state index contributed by atoms with van der Waals surface area (Å²) >= 11 is 0. The van der Waals surface area contributed by atoms with Gasteiger partial charge in [-0.25, -0.2) is 8.42 Å². The highest BCUT2D eigenvalue weighted by molar-refractivity contribution is 7.89. The molecular formula is C16H23N3O5S. The molecule has 1 atom stereocenters. The van der Waals surface area contributed by atoms with Crippen LogP contribution in [0.15, 0.2) is 32.2 Å². The first-order chi connectivity index (χ1) is 11.7. The van der Waals surface area contributed by atoms with Crippen LogP contribution in [-0.2, 0) is 21.4 Å². The third-order valence-electron chi connectivity index (χ3n) is 3.57. The largest absolute Gasteiger partial charge is 0.467 e. The van der Waals surface area contributed by atoms with Gasteiger partial charge >= 0.3 is 0 Å². The molecule has 138 valence electrons. The Balaban J connectivity index is 2.15. The summed E-state index contributed by atoms with van der Waals surface area (Å²) in [4.78, 5) is 12.4. The van der Waals surface area contributed by atoms with Gasteiger partial charge in [0.15, 0.2) is 5.76 Å². The Morgan fingerprint density at radius 1 is 1.32 bits per heavy atom. The van der Waals surface area contributed by atoms with E-state index in [9.17, 15) is 13.2 Å². The maximum absolute atomic E-state index is 12.7. The smallest absolute Gasteiger partial charge is 0.246 e. The molecule has 0 aliphatic heterocycles. The van der Waals surface area contributed by atoms with Gasteiger partial charge in [0.05, 0.1) is 12.8 Å². The lowest BCUT2D eigenvalue weighted by atomic mass is 10.0. The number of rotatable bonds is 8. The second kappa shape index (κ2) is 7.83. The molecule has 2 rings (SSSR count). The van der Waals surface area contributed by atoms with E-state index in [4.69, 9.17) is 8.94 Å². The van der Waals surface area contributed by atoms with E-state index in [2.05, 4.69) is 15.2 Å². The lowest BCUT2D eigenvalue weighted by Gasteiger charge is -2.19. The van der Waals surface area contributed by atoms with E-state index >= 15 is 0 Å². The summed E-state index contributed by atoms with van der Waals surface area (Å²) in [5.41, 5.74) is 0.254. The van der Waals surface area contributed by atoms with Crippen molar-refractivity contribution in [2.24, 2.45) is 5.92 Å². The Hall–Kier alpha value is -2.13. The van der Waals surface area contributed by atoms with Crippen LogP contribution in [-0.4, -0.2) is 25.5 Å². The molecule has 0 unspecified atom stereocenters. The summed E-state index contributed by atoms with van der Waals surface area (Å²) in [5, 5.41) is 6.35. The first-order valence-corrected chi connectivity index (χ1v) is 9.44. The highest BCUT2D eigenvalue weighted by Gasteiger charge is 2.30. The van der Waals surface area contributed by atoms with E-state index in [1.54, 1.807) is 19.1 Å². The van der Waals surface area contributed by atoms with Crippen molar-refractivity contribution in [1.29, 1.82) is 0 Å². The van der Waals surface area contributed by atoms with Crippen LogP contribution in [0.4, 0.5) is 0 Å². The third kappa shape index (κ3) is 4.93. The minimum Gasteiger partial charge on any atom is -0.467 e. The Morgan fingerprint density at radius 3 is 2.56 bits per heavy atom. The van der Waals surface area contributed by atoms with Crippen molar-refractivity contribution in [1.82, 2.24) is 15.2 Å². The van der Waals surface area contributed by atoms with E-state index in [1.165, 1.54) is 13.2 Å². The van der Waals surface area contributed by atoms with Crippen LogP contribution < -0.4 is 10.0 Å². The summed E-state index contributed by atoms with van der Waals surface area (Å²) in [6, 6.07) is 2.53. The molecule has 0 aromatic carbocycles. The number of sulfonamides is 1. The van der Waals surface area contributed by atoms with E-state index in [1.807, 2.05) is 13.8 Å². The van der Waals surface area contributed by atoms with Gasteiger partial charge in [0.1, 0.15) is 22.4 Å². The van der Waals surface area contributed by atoms with Crippen LogP contribution >= 0.6 is 0 Å². The minimum absolute atomic E-state index is 0.0277. The second-order valence-corrected chi connectivity index (χ2v) is 7.90. The molecule has 0 fully saturated rings. The third-order valence-corrected chi connectivity index (χ3v) is 5.29. The Bertz CT molecular complexity index is 789. The summed E-state index contributed by atoms with van der Waals surface area (Å²) in [7, 11) is -3.93. The minimum atomic E-state index is -3.93. The summed E-state index contributed by atoms with van der Waals surface area (Å²) in [5.74, 6) is 0.474. The van der Waals surface area contributed by atoms with Crippen LogP contribution in [0, 0.1) is 19.8 Å². The monoisotopic (exact) mass is 369 g/mol. The molecule has 1 amide bonds. The molecule has 9 heteroatoms. The Kier molecular flexibility index (Phi) is 6.02. The van der Waals surface area contributed by atoms with Crippen LogP contribution in [0.3, 0.4) is 0 Å². The van der Waals surface area contributed by atoms with Gasteiger partial charge in [-0.3, -0.25) is 4.79 Å². The Morgan fingerprint density at radius 2 is 2.04 bits per heavy atom. The van der Waals surface area contributed by atoms with E-state index in [-0.39, 0.29) is 28.8 Å². The van der Waals surface area contributed by atoms with Gasteiger partial charge in [-0.05, 0) is 38.3 Å². The molecule has 2 heterocycles. The molecule has 0 saturated heterocycles. The molecule has 2 aromatic rings. The molecule has 2 N–H and O–H groups in total. The van der Waals surface area contributed by atoms with Crippen molar-refractivity contribution in [2.75, 3.05) is 0 Å². The number of nitrogens with one attached hydrogen (secondary N) is 2. The van der Waals surface area contributed by atoms with Crippen LogP contribution in [0.2, 0.25) is 0 Å². The zero-order chi connectivity index (χ0) is 18.6. The lowest BCUT2D eigenvalue weighted by Crippen LogP contribution is -2.47. The Labute approximate surface area is 147 Å². The van der Waals surface area contributed by atoms with Crippen molar-refractivity contribution in [3.8, 4) is 0 Å². The molecule has 25 heavy (non-hydrogen) atoms. The fourth-order valence-electron chi connectivity index (χ4n) is 2.50. The molecule has 0 aliphatic rings. The molecule has 0 bridgehead atoms. The highest BCUT2D eigenvalue weighted by atomic mass is 32.2. The van der Waals surface area contributed by atoms with Crippen molar-refractivity contribution in [3.05, 3.63) is 35.6 Å². The normalized spacial score (nSPS) is 13.2. The number of aryl methyl sites for hydroxylation is 2. The number of furan rings is 1. The molecule has 0 aliphatic carbocycles. The van der Waals surface area contributed by atoms with Gasteiger partial charge in [0.2, 0.25) is 15.9 Å². The van der Waals surface area contributed by atoms with Crippen LogP contribution in [0.25, 0.3) is 0 Å². The van der Waals surface area contributed by atoms with Crippen molar-refractivity contribution in [3.63, 3.8) is 0 Å². The maximum Gasteiger partial charge on any atom is 0.246 e. The fraction of sp³-hybridized carbons (Fsp3) is 0.500. The van der Waals surface area contributed by atoms with Gasteiger partial charge in [-0.15, -0.1) is 0 Å². The predicted molar refractivity (Wildman–Crippen MR) is 90.1 cm³/mol. The van der Waals surface area contributed by atoms with Gasteiger partial charge in [-0.2, -0.15) is 4.72 Å². The van der Waals surface area contributed by atoms with Crippen molar-refractivity contribution >= 4 is 15.9 Å².